The minimum absolute atomic E-state index is 0.252. The monoisotopic (exact) mass is 270 g/mol. The molecule has 0 atom stereocenters. The Bertz CT molecular complexity index is 764. The van der Waals surface area contributed by atoms with Crippen LogP contribution in [0.25, 0.3) is 22.1 Å². The van der Waals surface area contributed by atoms with Gasteiger partial charge in [-0.15, -0.1) is 21.5 Å². The molecule has 3 heterocycles. The lowest BCUT2D eigenvalue weighted by molar-refractivity contribution is 0.956. The van der Waals surface area contributed by atoms with Gasteiger partial charge in [-0.25, -0.2) is 0 Å². The number of H-pyrrole nitrogens is 1. The van der Waals surface area contributed by atoms with Gasteiger partial charge in [0.15, 0.2) is 11.5 Å². The molecule has 0 aliphatic rings. The highest BCUT2D eigenvalue weighted by Crippen LogP contribution is 2.22. The summed E-state index contributed by atoms with van der Waals surface area (Å²) in [5.41, 5.74) is 1.80. The largest absolute Gasteiger partial charge is 0.302 e. The molecule has 0 saturated carbocycles. The van der Waals surface area contributed by atoms with E-state index in [0.717, 1.165) is 10.4 Å². The number of aromatic nitrogens is 4. The van der Waals surface area contributed by atoms with Gasteiger partial charge in [-0.05, 0) is 36.1 Å². The van der Waals surface area contributed by atoms with Crippen LogP contribution in [0.15, 0.2) is 40.6 Å². The number of pyridine rings is 1. The van der Waals surface area contributed by atoms with Crippen molar-refractivity contribution in [2.75, 3.05) is 0 Å². The zero-order chi connectivity index (χ0) is 13.2. The van der Waals surface area contributed by atoms with Crippen LogP contribution in [0.5, 0.6) is 0 Å². The Morgan fingerprint density at radius 2 is 2.16 bits per heavy atom. The Labute approximate surface area is 113 Å². The van der Waals surface area contributed by atoms with Crippen LogP contribution in [0.1, 0.15) is 5.56 Å². The molecule has 19 heavy (non-hydrogen) atoms. The molecule has 0 fully saturated rings. The van der Waals surface area contributed by atoms with Crippen molar-refractivity contribution in [3.8, 4) is 22.1 Å². The van der Waals surface area contributed by atoms with Gasteiger partial charge in [-0.1, -0.05) is 6.07 Å². The van der Waals surface area contributed by atoms with Gasteiger partial charge in [-0.3, -0.25) is 9.78 Å². The fourth-order valence-corrected chi connectivity index (χ4v) is 2.55. The Hall–Kier alpha value is -2.34. The lowest BCUT2D eigenvalue weighted by atomic mass is 10.3. The second-order valence-corrected chi connectivity index (χ2v) is 4.97. The molecule has 94 valence electrons. The highest BCUT2D eigenvalue weighted by atomic mass is 32.1. The van der Waals surface area contributed by atoms with Crippen LogP contribution >= 0.6 is 11.3 Å². The number of aromatic amines is 1. The van der Waals surface area contributed by atoms with Crippen LogP contribution in [0.4, 0.5) is 0 Å². The van der Waals surface area contributed by atoms with Crippen molar-refractivity contribution < 1.29 is 0 Å². The standard InChI is InChI=1S/C13H10N4OS/c1-8-6-10(19-7-8)11-13(18)15-12(17-16-11)9-4-2-3-5-14-9/h2-7H,1H3,(H,15,17,18). The molecule has 0 aliphatic heterocycles. The molecule has 0 spiro atoms. The lowest BCUT2D eigenvalue weighted by Gasteiger charge is -1.99. The Kier molecular flexibility index (Phi) is 2.92. The SMILES string of the molecule is Cc1csc(-c2nnc(-c3ccccn3)[nH]c2=O)c1. The van der Waals surface area contributed by atoms with E-state index in [-0.39, 0.29) is 5.56 Å². The molecule has 1 N–H and O–H groups in total. The van der Waals surface area contributed by atoms with Gasteiger partial charge in [0, 0.05) is 6.20 Å². The van der Waals surface area contributed by atoms with E-state index in [2.05, 4.69) is 20.2 Å². The van der Waals surface area contributed by atoms with E-state index in [1.54, 1.807) is 18.3 Å². The van der Waals surface area contributed by atoms with E-state index in [4.69, 9.17) is 0 Å². The number of hydrogen-bond donors (Lipinski definition) is 1. The number of aryl methyl sites for hydroxylation is 1. The smallest absolute Gasteiger partial charge is 0.278 e. The van der Waals surface area contributed by atoms with E-state index in [1.165, 1.54) is 11.3 Å². The van der Waals surface area contributed by atoms with Gasteiger partial charge < -0.3 is 4.98 Å². The third-order valence-electron chi connectivity index (χ3n) is 2.57. The summed E-state index contributed by atoms with van der Waals surface area (Å²) in [6.07, 6.45) is 1.64. The molecular weight excluding hydrogens is 260 g/mol. The average molecular weight is 270 g/mol. The van der Waals surface area contributed by atoms with E-state index >= 15 is 0 Å². The van der Waals surface area contributed by atoms with Crippen LogP contribution in [0.2, 0.25) is 0 Å². The van der Waals surface area contributed by atoms with Crippen LogP contribution in [-0.4, -0.2) is 20.2 Å². The van der Waals surface area contributed by atoms with Gasteiger partial charge >= 0.3 is 0 Å². The fourth-order valence-electron chi connectivity index (χ4n) is 1.67. The van der Waals surface area contributed by atoms with Crippen molar-refractivity contribution in [1.29, 1.82) is 0 Å². The zero-order valence-corrected chi connectivity index (χ0v) is 10.9. The predicted octanol–water partition coefficient (Wildman–Crippen LogP) is 2.26. The molecule has 0 saturated heterocycles. The first-order valence-corrected chi connectivity index (χ1v) is 6.56. The highest BCUT2D eigenvalue weighted by Gasteiger charge is 2.10. The molecule has 3 aromatic rings. The summed E-state index contributed by atoms with van der Waals surface area (Å²) in [6.45, 7) is 1.98. The first-order valence-electron chi connectivity index (χ1n) is 5.68. The molecule has 0 amide bonds. The summed E-state index contributed by atoms with van der Waals surface area (Å²) in [6, 6.07) is 7.33. The third-order valence-corrected chi connectivity index (χ3v) is 3.62. The van der Waals surface area contributed by atoms with Crippen LogP contribution in [-0.2, 0) is 0 Å². The number of thiophene rings is 1. The molecular formula is C13H10N4OS. The maximum Gasteiger partial charge on any atom is 0.278 e. The Morgan fingerprint density at radius 1 is 1.26 bits per heavy atom. The van der Waals surface area contributed by atoms with Crippen LogP contribution < -0.4 is 5.56 Å². The van der Waals surface area contributed by atoms with Gasteiger partial charge in [0.05, 0.1) is 4.88 Å². The molecule has 3 rings (SSSR count). The first kappa shape index (κ1) is 11.7. The lowest BCUT2D eigenvalue weighted by Crippen LogP contribution is -2.14. The van der Waals surface area contributed by atoms with Gasteiger partial charge in [-0.2, -0.15) is 0 Å². The number of rotatable bonds is 2. The number of nitrogens with zero attached hydrogens (tertiary/aromatic N) is 3. The van der Waals surface area contributed by atoms with Crippen molar-refractivity contribution in [3.05, 3.63) is 51.8 Å². The van der Waals surface area contributed by atoms with Crippen LogP contribution in [0, 0.1) is 6.92 Å². The third kappa shape index (κ3) is 2.30. The second kappa shape index (κ2) is 4.74. The topological polar surface area (TPSA) is 71.5 Å². The molecule has 3 aromatic heterocycles. The zero-order valence-electron chi connectivity index (χ0n) is 10.1. The predicted molar refractivity (Wildman–Crippen MR) is 73.9 cm³/mol. The summed E-state index contributed by atoms with van der Waals surface area (Å²) in [4.78, 5) is 19.7. The normalized spacial score (nSPS) is 10.6. The van der Waals surface area contributed by atoms with Crippen LogP contribution in [0.3, 0.4) is 0 Å². The summed E-state index contributed by atoms with van der Waals surface area (Å²) in [5, 5.41) is 10.0. The summed E-state index contributed by atoms with van der Waals surface area (Å²) < 4.78 is 0. The molecule has 0 bridgehead atoms. The molecule has 0 aliphatic carbocycles. The Morgan fingerprint density at radius 3 is 2.79 bits per heavy atom. The fraction of sp³-hybridized carbons (Fsp3) is 0.0769. The summed E-state index contributed by atoms with van der Waals surface area (Å²) in [5.74, 6) is 0.377. The quantitative estimate of drug-likeness (QED) is 0.775. The summed E-state index contributed by atoms with van der Waals surface area (Å²) in [7, 11) is 0. The molecule has 0 radical (unpaired) electrons. The van der Waals surface area contributed by atoms with Gasteiger partial charge in [0.25, 0.3) is 5.56 Å². The number of hydrogen-bond acceptors (Lipinski definition) is 5. The van der Waals surface area contributed by atoms with Crippen molar-refractivity contribution in [2.45, 2.75) is 6.92 Å². The maximum atomic E-state index is 12.0. The van der Waals surface area contributed by atoms with Gasteiger partial charge in [0.2, 0.25) is 0 Å². The summed E-state index contributed by atoms with van der Waals surface area (Å²) >= 11 is 1.48. The van der Waals surface area contributed by atoms with E-state index in [9.17, 15) is 4.79 Å². The molecule has 6 heteroatoms. The number of nitrogens with one attached hydrogen (secondary N) is 1. The minimum Gasteiger partial charge on any atom is -0.302 e. The van der Waals surface area contributed by atoms with Crippen molar-refractivity contribution in [3.63, 3.8) is 0 Å². The van der Waals surface area contributed by atoms with E-state index in [1.807, 2.05) is 24.4 Å². The maximum absolute atomic E-state index is 12.0. The van der Waals surface area contributed by atoms with Crippen molar-refractivity contribution in [1.82, 2.24) is 20.2 Å². The molecule has 0 aromatic carbocycles. The van der Waals surface area contributed by atoms with E-state index in [0.29, 0.717) is 17.2 Å². The first-order chi connectivity index (χ1) is 9.24. The van der Waals surface area contributed by atoms with Gasteiger partial charge in [0.1, 0.15) is 5.69 Å². The minimum atomic E-state index is -0.252. The molecule has 5 nitrogen and oxygen atoms in total. The Balaban J connectivity index is 2.06. The highest BCUT2D eigenvalue weighted by molar-refractivity contribution is 7.13. The average Bonchev–Trinajstić information content (AvgIpc) is 2.86. The van der Waals surface area contributed by atoms with Crippen molar-refractivity contribution in [2.24, 2.45) is 0 Å². The molecule has 0 unspecified atom stereocenters. The second-order valence-electron chi connectivity index (χ2n) is 4.05. The van der Waals surface area contributed by atoms with Crippen molar-refractivity contribution >= 4 is 11.3 Å². The van der Waals surface area contributed by atoms with E-state index < -0.39 is 0 Å².